The maximum atomic E-state index is 8.82. The predicted molar refractivity (Wildman–Crippen MR) is 58.0 cm³/mol. The zero-order valence-electron chi connectivity index (χ0n) is 8.79. The van der Waals surface area contributed by atoms with Crippen molar-refractivity contribution in [2.75, 3.05) is 13.2 Å². The fraction of sp³-hybridized carbons (Fsp3) is 0.636. The van der Waals surface area contributed by atoms with Crippen LogP contribution in [0.4, 0.5) is 0 Å². The van der Waals surface area contributed by atoms with Crippen LogP contribution >= 0.6 is 0 Å². The molecular weight excluding hydrogens is 176 g/mol. The molecule has 3 heteroatoms. The van der Waals surface area contributed by atoms with Crippen LogP contribution in [0.2, 0.25) is 0 Å². The first-order valence-electron chi connectivity index (χ1n) is 5.26. The summed E-state index contributed by atoms with van der Waals surface area (Å²) in [6, 6.07) is 2.07. The molecule has 0 aliphatic heterocycles. The Labute approximate surface area is 85.5 Å². The van der Waals surface area contributed by atoms with E-state index in [1.807, 2.05) is 12.4 Å². The molecule has 3 N–H and O–H groups in total. The van der Waals surface area contributed by atoms with Gasteiger partial charge in [0.2, 0.25) is 0 Å². The van der Waals surface area contributed by atoms with Gasteiger partial charge < -0.3 is 15.4 Å². The second-order valence-corrected chi connectivity index (χ2v) is 3.83. The summed E-state index contributed by atoms with van der Waals surface area (Å²) in [6.07, 6.45) is 6.16. The molecule has 0 amide bonds. The van der Waals surface area contributed by atoms with Gasteiger partial charge in [-0.1, -0.05) is 6.92 Å². The first kappa shape index (κ1) is 11.3. The normalized spacial score (nSPS) is 13.0. The number of aliphatic hydroxyl groups excluding tert-OH is 1. The van der Waals surface area contributed by atoms with Gasteiger partial charge in [-0.15, -0.1) is 0 Å². The van der Waals surface area contributed by atoms with Gasteiger partial charge in [0.05, 0.1) is 0 Å². The molecule has 0 aliphatic carbocycles. The molecule has 0 spiro atoms. The molecule has 0 aromatic carbocycles. The summed E-state index contributed by atoms with van der Waals surface area (Å²) in [5, 5.41) is 12.2. The van der Waals surface area contributed by atoms with Crippen LogP contribution in [-0.2, 0) is 6.54 Å². The predicted octanol–water partition coefficient (Wildman–Crippen LogP) is 1.51. The van der Waals surface area contributed by atoms with E-state index in [9.17, 15) is 0 Å². The van der Waals surface area contributed by atoms with Crippen molar-refractivity contribution in [2.24, 2.45) is 5.92 Å². The minimum atomic E-state index is 0.303. The molecule has 3 nitrogen and oxygen atoms in total. The van der Waals surface area contributed by atoms with E-state index >= 15 is 0 Å². The highest BCUT2D eigenvalue weighted by atomic mass is 16.3. The average Bonchev–Trinajstić information content (AvgIpc) is 2.69. The van der Waals surface area contributed by atoms with Gasteiger partial charge in [-0.05, 0) is 36.9 Å². The fourth-order valence-corrected chi connectivity index (χ4v) is 1.37. The van der Waals surface area contributed by atoms with Gasteiger partial charge in [0.1, 0.15) is 0 Å². The highest BCUT2D eigenvalue weighted by molar-refractivity contribution is 5.07. The fourth-order valence-electron chi connectivity index (χ4n) is 1.37. The third kappa shape index (κ3) is 4.44. The number of hydrogen-bond donors (Lipinski definition) is 3. The van der Waals surface area contributed by atoms with Gasteiger partial charge in [0.25, 0.3) is 0 Å². The molecule has 0 bridgehead atoms. The maximum Gasteiger partial charge on any atom is 0.0456 e. The quantitative estimate of drug-likeness (QED) is 0.579. The van der Waals surface area contributed by atoms with Crippen molar-refractivity contribution in [3.63, 3.8) is 0 Å². The Bertz CT molecular complexity index is 221. The van der Waals surface area contributed by atoms with Crippen LogP contribution < -0.4 is 5.32 Å². The van der Waals surface area contributed by atoms with E-state index in [1.165, 1.54) is 5.56 Å². The van der Waals surface area contributed by atoms with Crippen LogP contribution in [0.25, 0.3) is 0 Å². The van der Waals surface area contributed by atoms with Crippen LogP contribution in [0.15, 0.2) is 18.5 Å². The van der Waals surface area contributed by atoms with Crippen LogP contribution in [0.1, 0.15) is 25.3 Å². The van der Waals surface area contributed by atoms with Crippen LogP contribution in [-0.4, -0.2) is 23.2 Å². The van der Waals surface area contributed by atoms with Gasteiger partial charge in [0, 0.05) is 25.5 Å². The Morgan fingerprint density at radius 3 is 3.07 bits per heavy atom. The van der Waals surface area contributed by atoms with E-state index in [0.29, 0.717) is 12.5 Å². The molecule has 1 aromatic rings. The highest BCUT2D eigenvalue weighted by Gasteiger charge is 1.98. The Kier molecular flexibility index (Phi) is 5.33. The van der Waals surface area contributed by atoms with Gasteiger partial charge in [-0.3, -0.25) is 0 Å². The van der Waals surface area contributed by atoms with Crippen molar-refractivity contribution >= 4 is 0 Å². The number of aliphatic hydroxyl groups is 1. The molecule has 1 unspecified atom stereocenters. The molecule has 1 heterocycles. The Balaban J connectivity index is 1.95. The number of nitrogens with one attached hydrogen (secondary N) is 2. The monoisotopic (exact) mass is 196 g/mol. The van der Waals surface area contributed by atoms with Gasteiger partial charge >= 0.3 is 0 Å². The van der Waals surface area contributed by atoms with Crippen LogP contribution in [0.3, 0.4) is 0 Å². The molecule has 1 rings (SSSR count). The number of aromatic amines is 1. The summed E-state index contributed by atoms with van der Waals surface area (Å²) in [7, 11) is 0. The number of H-pyrrole nitrogens is 1. The lowest BCUT2D eigenvalue weighted by Crippen LogP contribution is -2.15. The summed E-state index contributed by atoms with van der Waals surface area (Å²) < 4.78 is 0. The second kappa shape index (κ2) is 6.62. The smallest absolute Gasteiger partial charge is 0.0456 e. The second-order valence-electron chi connectivity index (χ2n) is 3.83. The van der Waals surface area contributed by atoms with Crippen LogP contribution in [0.5, 0.6) is 0 Å². The molecule has 0 fully saturated rings. The van der Waals surface area contributed by atoms with Crippen molar-refractivity contribution < 1.29 is 5.11 Å². The maximum absolute atomic E-state index is 8.82. The zero-order chi connectivity index (χ0) is 10.2. The van der Waals surface area contributed by atoms with Crippen molar-refractivity contribution in [2.45, 2.75) is 26.3 Å². The van der Waals surface area contributed by atoms with E-state index < -0.39 is 0 Å². The lowest BCUT2D eigenvalue weighted by Gasteiger charge is -2.07. The first-order valence-corrected chi connectivity index (χ1v) is 5.26. The van der Waals surface area contributed by atoms with Crippen molar-refractivity contribution in [1.82, 2.24) is 10.3 Å². The van der Waals surface area contributed by atoms with Crippen molar-refractivity contribution in [3.8, 4) is 0 Å². The Hall–Kier alpha value is -0.800. The van der Waals surface area contributed by atoms with E-state index in [1.54, 1.807) is 0 Å². The third-order valence-corrected chi connectivity index (χ3v) is 2.35. The molecule has 0 saturated carbocycles. The molecule has 0 saturated heterocycles. The minimum Gasteiger partial charge on any atom is -0.396 e. The highest BCUT2D eigenvalue weighted by Crippen LogP contribution is 2.03. The lowest BCUT2D eigenvalue weighted by molar-refractivity contribution is 0.228. The zero-order valence-corrected chi connectivity index (χ0v) is 8.79. The molecule has 80 valence electrons. The summed E-state index contributed by atoms with van der Waals surface area (Å²) >= 11 is 0. The molecule has 1 aromatic heterocycles. The number of aromatic nitrogens is 1. The first-order chi connectivity index (χ1) is 6.83. The van der Waals surface area contributed by atoms with E-state index in [4.69, 9.17) is 5.11 Å². The Morgan fingerprint density at radius 1 is 1.57 bits per heavy atom. The summed E-state index contributed by atoms with van der Waals surface area (Å²) in [6.45, 7) is 4.33. The molecule has 1 atom stereocenters. The van der Waals surface area contributed by atoms with Crippen molar-refractivity contribution in [1.29, 1.82) is 0 Å². The van der Waals surface area contributed by atoms with E-state index in [-0.39, 0.29) is 0 Å². The minimum absolute atomic E-state index is 0.303. The third-order valence-electron chi connectivity index (χ3n) is 2.35. The van der Waals surface area contributed by atoms with E-state index in [2.05, 4.69) is 23.3 Å². The standard InChI is InChI=1S/C11H20N2O/c1-10(9-14)3-2-5-12-7-11-4-6-13-8-11/h4,6,8,10,12-14H,2-3,5,7,9H2,1H3. The van der Waals surface area contributed by atoms with E-state index in [0.717, 1.165) is 25.9 Å². The van der Waals surface area contributed by atoms with Gasteiger partial charge in [-0.25, -0.2) is 0 Å². The summed E-state index contributed by atoms with van der Waals surface area (Å²) in [5.74, 6) is 0.434. The topological polar surface area (TPSA) is 48.0 Å². The number of hydrogen-bond acceptors (Lipinski definition) is 2. The molecule has 14 heavy (non-hydrogen) atoms. The van der Waals surface area contributed by atoms with Crippen LogP contribution in [0, 0.1) is 5.92 Å². The molecule has 0 aliphatic rings. The SMILES string of the molecule is CC(CO)CCCNCc1cc[nH]c1. The largest absolute Gasteiger partial charge is 0.396 e. The molecular formula is C11H20N2O. The summed E-state index contributed by atoms with van der Waals surface area (Å²) in [5.41, 5.74) is 1.29. The number of rotatable bonds is 7. The van der Waals surface area contributed by atoms with Crippen molar-refractivity contribution in [3.05, 3.63) is 24.0 Å². The Morgan fingerprint density at radius 2 is 2.43 bits per heavy atom. The average molecular weight is 196 g/mol. The molecule has 0 radical (unpaired) electrons. The van der Waals surface area contributed by atoms with Gasteiger partial charge in [0.15, 0.2) is 0 Å². The lowest BCUT2D eigenvalue weighted by atomic mass is 10.1. The summed E-state index contributed by atoms with van der Waals surface area (Å²) in [4.78, 5) is 3.02. The van der Waals surface area contributed by atoms with Gasteiger partial charge in [-0.2, -0.15) is 0 Å².